The Balaban J connectivity index is 0.000000605. The molecule has 0 atom stereocenters. The molecule has 0 bridgehead atoms. The third-order valence-corrected chi connectivity index (χ3v) is 1.71. The van der Waals surface area contributed by atoms with E-state index in [0.717, 1.165) is 0 Å². The van der Waals surface area contributed by atoms with Crippen LogP contribution in [0.4, 0.5) is 0 Å². The summed E-state index contributed by atoms with van der Waals surface area (Å²) in [7, 11) is 0. The number of aryl methyl sites for hydroxylation is 1. The molecule has 0 saturated heterocycles. The molecular weight excluding hydrogens is 134 g/mol. The first kappa shape index (κ1) is 7.86. The second kappa shape index (κ2) is 2.79. The van der Waals surface area contributed by atoms with Crippen LogP contribution in [0.3, 0.4) is 0 Å². The normalized spacial score (nSPS) is 9.55. The Morgan fingerprint density at radius 1 is 1.27 bits per heavy atom. The lowest BCUT2D eigenvalue weighted by atomic mass is 10.2. The van der Waals surface area contributed by atoms with Crippen LogP contribution in [0.2, 0.25) is 0 Å². The zero-order chi connectivity index (χ0) is 6.97. The largest absolute Gasteiger partial charge is 0.361 e. The predicted molar refractivity (Wildman–Crippen MR) is 51.9 cm³/mol. The van der Waals surface area contributed by atoms with Gasteiger partial charge in [-0.15, -0.1) is 0 Å². The Morgan fingerprint density at radius 2 is 2.09 bits per heavy atom. The molecule has 1 nitrogen and oxygen atoms in total. The van der Waals surface area contributed by atoms with Crippen molar-refractivity contribution in [3.8, 4) is 0 Å². The molecule has 1 heteroatoms. The van der Waals surface area contributed by atoms with Crippen molar-refractivity contribution >= 4 is 10.9 Å². The van der Waals surface area contributed by atoms with E-state index in [4.69, 9.17) is 0 Å². The van der Waals surface area contributed by atoms with Crippen molar-refractivity contribution in [1.29, 1.82) is 0 Å². The highest BCUT2D eigenvalue weighted by atomic mass is 14.7. The summed E-state index contributed by atoms with van der Waals surface area (Å²) in [6.45, 7) is 2.10. The molecule has 0 aliphatic rings. The zero-order valence-electron chi connectivity index (χ0n) is 5.89. The van der Waals surface area contributed by atoms with Gasteiger partial charge in [-0.2, -0.15) is 0 Å². The number of hydrogen-bond acceptors (Lipinski definition) is 0. The molecule has 0 aliphatic heterocycles. The van der Waals surface area contributed by atoms with E-state index in [0.29, 0.717) is 0 Å². The third-order valence-electron chi connectivity index (χ3n) is 1.71. The molecule has 0 amide bonds. The lowest BCUT2D eigenvalue weighted by molar-refractivity contribution is 1.44. The molecule has 0 aliphatic carbocycles. The summed E-state index contributed by atoms with van der Waals surface area (Å²) in [5, 5.41) is 1.28. The van der Waals surface area contributed by atoms with Crippen molar-refractivity contribution in [1.82, 2.24) is 4.98 Å². The van der Waals surface area contributed by atoms with Crippen LogP contribution in [-0.2, 0) is 0 Å². The summed E-state index contributed by atoms with van der Waals surface area (Å²) in [4.78, 5) is 3.16. The molecule has 1 aromatic heterocycles. The van der Waals surface area contributed by atoms with Gasteiger partial charge in [0.15, 0.2) is 0 Å². The maximum atomic E-state index is 3.16. The maximum Gasteiger partial charge on any atom is 0.0456 e. The molecule has 0 unspecified atom stereocenters. The molecule has 2 aromatic rings. The van der Waals surface area contributed by atoms with Crippen LogP contribution < -0.4 is 0 Å². The lowest BCUT2D eigenvalue weighted by Crippen LogP contribution is -1.70. The minimum atomic E-state index is 0. The van der Waals surface area contributed by atoms with Crippen molar-refractivity contribution in [2.75, 3.05) is 0 Å². The van der Waals surface area contributed by atoms with Crippen LogP contribution in [0.25, 0.3) is 10.9 Å². The van der Waals surface area contributed by atoms with Crippen LogP contribution in [0.5, 0.6) is 0 Å². The summed E-state index contributed by atoms with van der Waals surface area (Å²) in [5.74, 6) is 0. The molecule has 1 heterocycles. The number of nitrogens with one attached hydrogen (secondary N) is 1. The summed E-state index contributed by atoms with van der Waals surface area (Å²) in [5.41, 5.74) is 2.52. The van der Waals surface area contributed by atoms with E-state index in [1.165, 1.54) is 16.5 Å². The summed E-state index contributed by atoms with van der Waals surface area (Å²) >= 11 is 0. The fourth-order valence-corrected chi connectivity index (χ4v) is 1.16. The molecule has 1 N–H and O–H groups in total. The number of fused-ring (bicyclic) bond motifs is 1. The maximum absolute atomic E-state index is 3.16. The Bertz CT molecular complexity index is 351. The molecule has 0 spiro atoms. The fraction of sp³-hybridized carbons (Fsp3) is 0.200. The van der Waals surface area contributed by atoms with Crippen LogP contribution in [0.15, 0.2) is 30.5 Å². The number of H-pyrrole nitrogens is 1. The van der Waals surface area contributed by atoms with Gasteiger partial charge in [0, 0.05) is 13.1 Å². The molecule has 60 valence electrons. The van der Waals surface area contributed by atoms with E-state index in [-0.39, 0.29) is 8.85 Å². The highest BCUT2D eigenvalue weighted by molar-refractivity contribution is 5.79. The average molecular weight is 149 g/mol. The average Bonchev–Trinajstić information content (AvgIpc) is 2.33. The Labute approximate surface area is 68.5 Å². The first-order valence-electron chi connectivity index (χ1n) is 3.40. The molecule has 0 radical (unpaired) electrons. The van der Waals surface area contributed by atoms with Crippen molar-refractivity contribution < 1.29 is 1.43 Å². The molecule has 0 fully saturated rings. The first-order valence-corrected chi connectivity index (χ1v) is 3.40. The van der Waals surface area contributed by atoms with Gasteiger partial charge < -0.3 is 4.98 Å². The smallest absolute Gasteiger partial charge is 0.0456 e. The SMILES string of the molecule is C.Cc1ccc2cc[nH]c2c1.[HH]. The van der Waals surface area contributed by atoms with Gasteiger partial charge in [0.05, 0.1) is 0 Å². The van der Waals surface area contributed by atoms with Crippen molar-refractivity contribution in [2.24, 2.45) is 0 Å². The number of benzene rings is 1. The van der Waals surface area contributed by atoms with E-state index in [1.807, 2.05) is 6.20 Å². The highest BCUT2D eigenvalue weighted by Gasteiger charge is 1.90. The van der Waals surface area contributed by atoms with E-state index < -0.39 is 0 Å². The van der Waals surface area contributed by atoms with Gasteiger partial charge in [-0.1, -0.05) is 19.6 Å². The first-order chi connectivity index (χ1) is 4.86. The molecule has 0 saturated carbocycles. The van der Waals surface area contributed by atoms with Crippen molar-refractivity contribution in [3.05, 3.63) is 36.0 Å². The standard InChI is InChI=1S/C9H9N.CH4.H2/c1-7-2-3-8-4-5-10-9(8)6-7;;/h2-6,10H,1H3;1H4;1H. The molecular formula is C10H15N. The van der Waals surface area contributed by atoms with Crippen LogP contribution >= 0.6 is 0 Å². The summed E-state index contributed by atoms with van der Waals surface area (Å²) < 4.78 is 0. The van der Waals surface area contributed by atoms with Crippen molar-refractivity contribution in [2.45, 2.75) is 14.4 Å². The second-order valence-electron chi connectivity index (χ2n) is 2.57. The van der Waals surface area contributed by atoms with Gasteiger partial charge >= 0.3 is 0 Å². The Hall–Kier alpha value is -1.24. The third kappa shape index (κ3) is 1.27. The van der Waals surface area contributed by atoms with E-state index >= 15 is 0 Å². The molecule has 1 aromatic carbocycles. The minimum absolute atomic E-state index is 0. The van der Waals surface area contributed by atoms with Crippen LogP contribution in [0.1, 0.15) is 14.4 Å². The fourth-order valence-electron chi connectivity index (χ4n) is 1.16. The van der Waals surface area contributed by atoms with Crippen molar-refractivity contribution in [3.63, 3.8) is 0 Å². The van der Waals surface area contributed by atoms with E-state index in [9.17, 15) is 0 Å². The second-order valence-corrected chi connectivity index (χ2v) is 2.57. The zero-order valence-corrected chi connectivity index (χ0v) is 5.89. The van der Waals surface area contributed by atoms with Crippen LogP contribution in [-0.4, -0.2) is 4.98 Å². The number of aromatic amines is 1. The van der Waals surface area contributed by atoms with E-state index in [1.54, 1.807) is 0 Å². The summed E-state index contributed by atoms with van der Waals surface area (Å²) in [6.07, 6.45) is 1.96. The monoisotopic (exact) mass is 149 g/mol. The van der Waals surface area contributed by atoms with E-state index in [2.05, 4.69) is 36.2 Å². The van der Waals surface area contributed by atoms with Crippen LogP contribution in [0, 0.1) is 6.92 Å². The topological polar surface area (TPSA) is 15.8 Å². The van der Waals surface area contributed by atoms with Gasteiger partial charge in [0.1, 0.15) is 0 Å². The van der Waals surface area contributed by atoms with Gasteiger partial charge in [0.2, 0.25) is 0 Å². The van der Waals surface area contributed by atoms with Gasteiger partial charge in [0.25, 0.3) is 0 Å². The Kier molecular flexibility index (Phi) is 1.99. The molecule has 11 heavy (non-hydrogen) atoms. The molecule has 2 rings (SSSR count). The van der Waals surface area contributed by atoms with Gasteiger partial charge in [-0.25, -0.2) is 0 Å². The minimum Gasteiger partial charge on any atom is -0.361 e. The highest BCUT2D eigenvalue weighted by Crippen LogP contribution is 2.12. The Morgan fingerprint density at radius 3 is 2.91 bits per heavy atom. The van der Waals surface area contributed by atoms with Gasteiger partial charge in [-0.3, -0.25) is 0 Å². The lowest BCUT2D eigenvalue weighted by Gasteiger charge is -1.90. The quantitative estimate of drug-likeness (QED) is 0.591. The number of rotatable bonds is 0. The van der Waals surface area contributed by atoms with Gasteiger partial charge in [-0.05, 0) is 30.0 Å². The number of aromatic nitrogens is 1. The summed E-state index contributed by atoms with van der Waals surface area (Å²) in [6, 6.07) is 8.47. The number of hydrogen-bond donors (Lipinski definition) is 1. The predicted octanol–water partition coefficient (Wildman–Crippen LogP) is 3.36.